The van der Waals surface area contributed by atoms with E-state index in [1.807, 2.05) is 6.92 Å². The number of carbonyl (C=O) groups is 1. The summed E-state index contributed by atoms with van der Waals surface area (Å²) in [7, 11) is 0. The van der Waals surface area contributed by atoms with Crippen LogP contribution in [0.2, 0.25) is 5.02 Å². The molecule has 6 heteroatoms. The molecule has 0 aliphatic rings. The van der Waals surface area contributed by atoms with Crippen LogP contribution in [0.3, 0.4) is 0 Å². The first kappa shape index (κ1) is 14.4. The number of thiocarbonyl (C=S) groups is 1. The van der Waals surface area contributed by atoms with Crippen molar-refractivity contribution in [2.75, 3.05) is 13.1 Å². The average molecular weight is 336 g/mol. The highest BCUT2D eigenvalue weighted by molar-refractivity contribution is 9.10. The summed E-state index contributed by atoms with van der Waals surface area (Å²) in [4.78, 5) is 14.1. The molecule has 0 heterocycles. The van der Waals surface area contributed by atoms with Crippen molar-refractivity contribution in [3.63, 3.8) is 0 Å². The Bertz CT molecular complexity index is 453. The fourth-order valence-electron chi connectivity index (χ4n) is 1.35. The minimum absolute atomic E-state index is 0.144. The molecule has 0 aromatic heterocycles. The molecule has 0 saturated carbocycles. The molecular formula is C11H12BrClN2OS. The molecule has 0 aliphatic heterocycles. The van der Waals surface area contributed by atoms with Gasteiger partial charge in [0.05, 0.1) is 17.1 Å². The molecule has 0 atom stereocenters. The zero-order valence-electron chi connectivity index (χ0n) is 9.24. The van der Waals surface area contributed by atoms with Gasteiger partial charge in [0.15, 0.2) is 0 Å². The van der Waals surface area contributed by atoms with Gasteiger partial charge in [-0.3, -0.25) is 4.79 Å². The van der Waals surface area contributed by atoms with Crippen molar-refractivity contribution < 1.29 is 4.79 Å². The molecule has 0 bridgehead atoms. The van der Waals surface area contributed by atoms with Gasteiger partial charge < -0.3 is 10.6 Å². The predicted octanol–water partition coefficient (Wildman–Crippen LogP) is 2.85. The quantitative estimate of drug-likeness (QED) is 0.861. The minimum atomic E-state index is -0.144. The second-order valence-corrected chi connectivity index (χ2v) is 5.22. The molecular weight excluding hydrogens is 324 g/mol. The summed E-state index contributed by atoms with van der Waals surface area (Å²) in [5.41, 5.74) is 5.96. The number of amides is 1. The fourth-order valence-corrected chi connectivity index (χ4v) is 2.09. The van der Waals surface area contributed by atoms with Crippen molar-refractivity contribution in [2.45, 2.75) is 6.92 Å². The summed E-state index contributed by atoms with van der Waals surface area (Å²) >= 11 is 14.0. The lowest BCUT2D eigenvalue weighted by molar-refractivity contribution is 0.0787. The van der Waals surface area contributed by atoms with Crippen LogP contribution >= 0.6 is 39.7 Å². The largest absolute Gasteiger partial charge is 0.392 e. The molecule has 3 nitrogen and oxygen atoms in total. The van der Waals surface area contributed by atoms with Gasteiger partial charge in [-0.1, -0.05) is 23.8 Å². The minimum Gasteiger partial charge on any atom is -0.392 e. The Morgan fingerprint density at radius 1 is 1.59 bits per heavy atom. The van der Waals surface area contributed by atoms with E-state index in [4.69, 9.17) is 29.6 Å². The van der Waals surface area contributed by atoms with Crippen molar-refractivity contribution in [3.05, 3.63) is 33.3 Å². The number of carbonyl (C=O) groups excluding carboxylic acids is 1. The van der Waals surface area contributed by atoms with Crippen molar-refractivity contribution in [2.24, 2.45) is 5.73 Å². The van der Waals surface area contributed by atoms with Gasteiger partial charge in [0, 0.05) is 16.0 Å². The highest BCUT2D eigenvalue weighted by Crippen LogP contribution is 2.22. The van der Waals surface area contributed by atoms with E-state index in [9.17, 15) is 4.79 Å². The SMILES string of the molecule is CCN(CC(N)=S)C(=O)c1cc(Cl)ccc1Br. The second kappa shape index (κ2) is 6.33. The summed E-state index contributed by atoms with van der Waals surface area (Å²) in [6, 6.07) is 5.08. The predicted molar refractivity (Wildman–Crippen MR) is 77.5 cm³/mol. The van der Waals surface area contributed by atoms with E-state index in [-0.39, 0.29) is 12.5 Å². The Kier molecular flexibility index (Phi) is 5.36. The van der Waals surface area contributed by atoms with Gasteiger partial charge >= 0.3 is 0 Å². The van der Waals surface area contributed by atoms with Gasteiger partial charge in [0.2, 0.25) is 0 Å². The smallest absolute Gasteiger partial charge is 0.255 e. The molecule has 1 rings (SSSR count). The van der Waals surface area contributed by atoms with Crippen LogP contribution in [0.15, 0.2) is 22.7 Å². The summed E-state index contributed by atoms with van der Waals surface area (Å²) in [6.45, 7) is 2.67. The van der Waals surface area contributed by atoms with Gasteiger partial charge in [-0.05, 0) is 41.1 Å². The first-order chi connectivity index (χ1) is 7.95. The number of halogens is 2. The fraction of sp³-hybridized carbons (Fsp3) is 0.273. The second-order valence-electron chi connectivity index (χ2n) is 3.41. The van der Waals surface area contributed by atoms with Gasteiger partial charge in [-0.15, -0.1) is 0 Å². The van der Waals surface area contributed by atoms with Gasteiger partial charge in [-0.2, -0.15) is 0 Å². The number of nitrogens with two attached hydrogens (primary N) is 1. The van der Waals surface area contributed by atoms with E-state index in [2.05, 4.69) is 15.9 Å². The third-order valence-corrected chi connectivity index (χ3v) is 3.23. The molecule has 0 radical (unpaired) electrons. The van der Waals surface area contributed by atoms with Crippen LogP contribution < -0.4 is 5.73 Å². The Labute approximate surface area is 119 Å². The van der Waals surface area contributed by atoms with Crippen molar-refractivity contribution in [1.82, 2.24) is 4.90 Å². The molecule has 17 heavy (non-hydrogen) atoms. The molecule has 0 fully saturated rings. The Balaban J connectivity index is 3.01. The van der Waals surface area contributed by atoms with Crippen LogP contribution in [-0.2, 0) is 0 Å². The zero-order valence-corrected chi connectivity index (χ0v) is 12.4. The molecule has 0 aliphatic carbocycles. The lowest BCUT2D eigenvalue weighted by atomic mass is 10.2. The summed E-state index contributed by atoms with van der Waals surface area (Å²) in [5, 5.41) is 0.517. The highest BCUT2D eigenvalue weighted by Gasteiger charge is 2.17. The van der Waals surface area contributed by atoms with Crippen LogP contribution in [0.1, 0.15) is 17.3 Å². The van der Waals surface area contributed by atoms with E-state index in [0.29, 0.717) is 26.6 Å². The van der Waals surface area contributed by atoms with Crippen LogP contribution in [-0.4, -0.2) is 28.9 Å². The molecule has 0 unspecified atom stereocenters. The van der Waals surface area contributed by atoms with Crippen LogP contribution in [0.25, 0.3) is 0 Å². The van der Waals surface area contributed by atoms with Crippen molar-refractivity contribution in [1.29, 1.82) is 0 Å². The van der Waals surface area contributed by atoms with E-state index in [1.165, 1.54) is 0 Å². The molecule has 1 amide bonds. The molecule has 0 spiro atoms. The van der Waals surface area contributed by atoms with Crippen molar-refractivity contribution in [3.8, 4) is 0 Å². The number of hydrogen-bond donors (Lipinski definition) is 1. The van der Waals surface area contributed by atoms with Gasteiger partial charge in [0.25, 0.3) is 5.91 Å². The Hall–Kier alpha value is -0.650. The van der Waals surface area contributed by atoms with Crippen LogP contribution in [0.4, 0.5) is 0 Å². The topological polar surface area (TPSA) is 46.3 Å². The van der Waals surface area contributed by atoms with E-state index in [1.54, 1.807) is 23.1 Å². The zero-order chi connectivity index (χ0) is 13.0. The Morgan fingerprint density at radius 3 is 2.76 bits per heavy atom. The van der Waals surface area contributed by atoms with E-state index >= 15 is 0 Å². The maximum Gasteiger partial charge on any atom is 0.255 e. The lowest BCUT2D eigenvalue weighted by Crippen LogP contribution is -2.37. The number of rotatable bonds is 4. The van der Waals surface area contributed by atoms with E-state index < -0.39 is 0 Å². The van der Waals surface area contributed by atoms with Crippen LogP contribution in [0, 0.1) is 0 Å². The van der Waals surface area contributed by atoms with Crippen molar-refractivity contribution >= 4 is 50.6 Å². The average Bonchev–Trinajstić information content (AvgIpc) is 2.28. The monoisotopic (exact) mass is 334 g/mol. The summed E-state index contributed by atoms with van der Waals surface area (Å²) < 4.78 is 0.702. The lowest BCUT2D eigenvalue weighted by Gasteiger charge is -2.20. The third kappa shape index (κ3) is 3.94. The van der Waals surface area contributed by atoms with Crippen LogP contribution in [0.5, 0.6) is 0 Å². The molecule has 1 aromatic carbocycles. The first-order valence-corrected chi connectivity index (χ1v) is 6.56. The molecule has 0 saturated heterocycles. The van der Waals surface area contributed by atoms with Gasteiger partial charge in [0.1, 0.15) is 0 Å². The normalized spacial score (nSPS) is 10.1. The molecule has 2 N–H and O–H groups in total. The standard InChI is InChI=1S/C11H12BrClN2OS/c1-2-15(6-10(14)17)11(16)8-5-7(13)3-4-9(8)12/h3-5H,2,6H2,1H3,(H2,14,17). The summed E-state index contributed by atoms with van der Waals surface area (Å²) in [6.07, 6.45) is 0. The molecule has 92 valence electrons. The van der Waals surface area contributed by atoms with Gasteiger partial charge in [-0.25, -0.2) is 0 Å². The summed E-state index contributed by atoms with van der Waals surface area (Å²) in [5.74, 6) is -0.144. The highest BCUT2D eigenvalue weighted by atomic mass is 79.9. The maximum absolute atomic E-state index is 12.2. The first-order valence-electron chi connectivity index (χ1n) is 4.98. The maximum atomic E-state index is 12.2. The number of nitrogens with zero attached hydrogens (tertiary/aromatic N) is 1. The molecule has 1 aromatic rings. The third-order valence-electron chi connectivity index (χ3n) is 2.17. The Morgan fingerprint density at radius 2 is 2.24 bits per heavy atom. The number of hydrogen-bond acceptors (Lipinski definition) is 2. The van der Waals surface area contributed by atoms with E-state index in [0.717, 1.165) is 0 Å². The number of benzene rings is 1. The number of likely N-dealkylation sites (N-methyl/N-ethyl adjacent to an activating group) is 1.